The van der Waals surface area contributed by atoms with E-state index in [9.17, 15) is 14.4 Å². The van der Waals surface area contributed by atoms with Gasteiger partial charge in [0, 0.05) is 38.1 Å². The zero-order valence-corrected chi connectivity index (χ0v) is 15.1. The highest BCUT2D eigenvalue weighted by molar-refractivity contribution is 7.13. The summed E-state index contributed by atoms with van der Waals surface area (Å²) in [7, 11) is 3.38. The van der Waals surface area contributed by atoms with E-state index in [1.54, 1.807) is 23.9 Å². The summed E-state index contributed by atoms with van der Waals surface area (Å²) < 4.78 is 0. The van der Waals surface area contributed by atoms with E-state index >= 15 is 0 Å². The molecule has 6 nitrogen and oxygen atoms in total. The van der Waals surface area contributed by atoms with Crippen LogP contribution in [-0.4, -0.2) is 72.2 Å². The van der Waals surface area contributed by atoms with Crippen LogP contribution in [0.15, 0.2) is 12.1 Å². The van der Waals surface area contributed by atoms with Crippen LogP contribution < -0.4 is 0 Å². The lowest BCUT2D eigenvalue weighted by Crippen LogP contribution is -2.51. The predicted octanol–water partition coefficient (Wildman–Crippen LogP) is 1.21. The average molecular weight is 349 g/mol. The lowest BCUT2D eigenvalue weighted by Gasteiger charge is -2.35. The third kappa shape index (κ3) is 3.17. The maximum absolute atomic E-state index is 12.8. The highest BCUT2D eigenvalue weighted by Crippen LogP contribution is 2.30. The summed E-state index contributed by atoms with van der Waals surface area (Å²) in [5, 5.41) is 0. The van der Waals surface area contributed by atoms with Gasteiger partial charge in [0.05, 0.1) is 10.8 Å². The number of aryl methyl sites for hydroxylation is 1. The molecule has 1 aromatic rings. The van der Waals surface area contributed by atoms with Gasteiger partial charge < -0.3 is 14.7 Å². The van der Waals surface area contributed by atoms with Gasteiger partial charge in [-0.2, -0.15) is 0 Å². The Hall–Kier alpha value is -1.89. The first-order valence-electron chi connectivity index (χ1n) is 8.23. The van der Waals surface area contributed by atoms with Crippen LogP contribution in [0.5, 0.6) is 0 Å². The molecule has 3 aliphatic heterocycles. The van der Waals surface area contributed by atoms with Gasteiger partial charge in [-0.25, -0.2) is 0 Å². The third-order valence-electron chi connectivity index (χ3n) is 4.84. The second-order valence-electron chi connectivity index (χ2n) is 6.80. The molecule has 0 unspecified atom stereocenters. The second kappa shape index (κ2) is 6.55. The fourth-order valence-electron chi connectivity index (χ4n) is 3.41. The average Bonchev–Trinajstić information content (AvgIpc) is 2.79. The Balaban J connectivity index is 1.78. The minimum atomic E-state index is -0.191. The standard InChI is InChI=1S/C17H23N3O3S/c1-11-4-7-14(24-11)17(23)19-8-12-5-6-13(9-19)20(16(12)22)10-15(21)18(2)3/h4,7,12-13H,5-6,8-10H2,1-3H3/t12-,13+/m0/s1. The van der Waals surface area contributed by atoms with Gasteiger partial charge in [0.25, 0.3) is 5.91 Å². The van der Waals surface area contributed by atoms with E-state index in [4.69, 9.17) is 0 Å². The third-order valence-corrected chi connectivity index (χ3v) is 5.82. The number of carbonyl (C=O) groups excluding carboxylic acids is 3. The highest BCUT2D eigenvalue weighted by Gasteiger charge is 2.42. The van der Waals surface area contributed by atoms with Crippen molar-refractivity contribution >= 4 is 29.1 Å². The molecule has 7 heteroatoms. The quantitative estimate of drug-likeness (QED) is 0.824. The molecule has 4 rings (SSSR count). The highest BCUT2D eigenvalue weighted by atomic mass is 32.1. The molecule has 3 amide bonds. The zero-order chi connectivity index (χ0) is 17.4. The topological polar surface area (TPSA) is 60.9 Å². The van der Waals surface area contributed by atoms with E-state index < -0.39 is 0 Å². The van der Waals surface area contributed by atoms with Crippen molar-refractivity contribution in [3.63, 3.8) is 0 Å². The van der Waals surface area contributed by atoms with Gasteiger partial charge in [0.2, 0.25) is 11.8 Å². The van der Waals surface area contributed by atoms with Gasteiger partial charge in [0.15, 0.2) is 0 Å². The van der Waals surface area contributed by atoms with Crippen LogP contribution in [0.25, 0.3) is 0 Å². The number of thiophene rings is 1. The number of rotatable bonds is 3. The van der Waals surface area contributed by atoms with Crippen LogP contribution in [0, 0.1) is 12.8 Å². The van der Waals surface area contributed by atoms with E-state index in [-0.39, 0.29) is 36.2 Å². The molecule has 3 saturated heterocycles. The van der Waals surface area contributed by atoms with Crippen LogP contribution in [0.1, 0.15) is 27.4 Å². The zero-order valence-electron chi connectivity index (χ0n) is 14.3. The van der Waals surface area contributed by atoms with Gasteiger partial charge in [-0.3, -0.25) is 14.4 Å². The molecular weight excluding hydrogens is 326 g/mol. The Kier molecular flexibility index (Phi) is 4.62. The first-order valence-corrected chi connectivity index (χ1v) is 9.05. The van der Waals surface area contributed by atoms with E-state index in [2.05, 4.69) is 0 Å². The number of hydrogen-bond donors (Lipinski definition) is 0. The molecule has 0 aliphatic carbocycles. The monoisotopic (exact) mass is 349 g/mol. The lowest BCUT2D eigenvalue weighted by molar-refractivity contribution is -0.145. The Morgan fingerprint density at radius 3 is 2.62 bits per heavy atom. The summed E-state index contributed by atoms with van der Waals surface area (Å²) in [5.74, 6) is -0.260. The summed E-state index contributed by atoms with van der Waals surface area (Å²) in [6.07, 6.45) is 1.65. The molecule has 3 fully saturated rings. The Morgan fingerprint density at radius 2 is 2.00 bits per heavy atom. The first kappa shape index (κ1) is 17.0. The summed E-state index contributed by atoms with van der Waals surface area (Å²) >= 11 is 1.48. The molecule has 0 saturated carbocycles. The number of likely N-dealkylation sites (N-methyl/N-ethyl adjacent to an activating group) is 1. The Morgan fingerprint density at radius 1 is 1.25 bits per heavy atom. The first-order chi connectivity index (χ1) is 11.4. The van der Waals surface area contributed by atoms with Gasteiger partial charge in [-0.15, -0.1) is 11.3 Å². The molecule has 0 aromatic carbocycles. The van der Waals surface area contributed by atoms with Crippen molar-refractivity contribution in [1.29, 1.82) is 0 Å². The Labute approximate surface area is 146 Å². The molecule has 130 valence electrons. The molecule has 24 heavy (non-hydrogen) atoms. The maximum Gasteiger partial charge on any atom is 0.264 e. The molecule has 1 aromatic heterocycles. The van der Waals surface area contributed by atoms with Crippen molar-refractivity contribution in [3.8, 4) is 0 Å². The predicted molar refractivity (Wildman–Crippen MR) is 91.9 cm³/mol. The van der Waals surface area contributed by atoms with Gasteiger partial charge in [-0.05, 0) is 31.9 Å². The normalized spacial score (nSPS) is 23.4. The number of carbonyl (C=O) groups is 3. The second-order valence-corrected chi connectivity index (χ2v) is 8.09. The summed E-state index contributed by atoms with van der Waals surface area (Å²) in [4.78, 5) is 44.3. The van der Waals surface area contributed by atoms with Crippen LogP contribution >= 0.6 is 11.3 Å². The van der Waals surface area contributed by atoms with Crippen LogP contribution in [0.4, 0.5) is 0 Å². The van der Waals surface area contributed by atoms with Crippen LogP contribution in [-0.2, 0) is 9.59 Å². The number of nitrogens with zero attached hydrogens (tertiary/aromatic N) is 3. The van der Waals surface area contributed by atoms with Crippen LogP contribution in [0.2, 0.25) is 0 Å². The van der Waals surface area contributed by atoms with E-state index in [0.717, 1.165) is 22.6 Å². The largest absolute Gasteiger partial charge is 0.347 e. The SMILES string of the molecule is Cc1ccc(C(=O)N2C[C@@H]3CC[C@H](C2)N(CC(=O)N(C)C)C3=O)s1. The van der Waals surface area contributed by atoms with Gasteiger partial charge in [-0.1, -0.05) is 0 Å². The van der Waals surface area contributed by atoms with E-state index in [1.165, 1.54) is 16.2 Å². The van der Waals surface area contributed by atoms with Crippen molar-refractivity contribution < 1.29 is 14.4 Å². The summed E-state index contributed by atoms with van der Waals surface area (Å²) in [6, 6.07) is 3.73. The fraction of sp³-hybridized carbons (Fsp3) is 0.588. The minimum Gasteiger partial charge on any atom is -0.347 e. The smallest absolute Gasteiger partial charge is 0.264 e. The van der Waals surface area contributed by atoms with E-state index in [1.807, 2.05) is 19.1 Å². The van der Waals surface area contributed by atoms with Crippen molar-refractivity contribution in [1.82, 2.24) is 14.7 Å². The Bertz CT molecular complexity index is 670. The lowest BCUT2D eigenvalue weighted by atomic mass is 9.94. The molecule has 2 bridgehead atoms. The van der Waals surface area contributed by atoms with Gasteiger partial charge in [0.1, 0.15) is 6.54 Å². The summed E-state index contributed by atoms with van der Waals surface area (Å²) in [5.41, 5.74) is 0. The molecule has 0 N–H and O–H groups in total. The van der Waals surface area contributed by atoms with Crippen molar-refractivity contribution in [2.24, 2.45) is 5.92 Å². The number of amides is 3. The molecule has 4 heterocycles. The van der Waals surface area contributed by atoms with Crippen molar-refractivity contribution in [3.05, 3.63) is 21.9 Å². The molecule has 0 radical (unpaired) electrons. The molecule has 3 aliphatic rings. The van der Waals surface area contributed by atoms with Crippen LogP contribution in [0.3, 0.4) is 0 Å². The fourth-order valence-corrected chi connectivity index (χ4v) is 4.24. The minimum absolute atomic E-state index is 0.00131. The number of fused-ring (bicyclic) bond motifs is 4. The van der Waals surface area contributed by atoms with Crippen molar-refractivity contribution in [2.45, 2.75) is 25.8 Å². The number of hydrogen-bond acceptors (Lipinski definition) is 4. The van der Waals surface area contributed by atoms with Gasteiger partial charge >= 0.3 is 0 Å². The van der Waals surface area contributed by atoms with Crippen molar-refractivity contribution in [2.75, 3.05) is 33.7 Å². The maximum atomic E-state index is 12.8. The summed E-state index contributed by atoms with van der Waals surface area (Å²) in [6.45, 7) is 3.05. The molecule has 0 spiro atoms. The molecule has 2 atom stereocenters. The molecular formula is C17H23N3O3S. The van der Waals surface area contributed by atoms with E-state index in [0.29, 0.717) is 13.1 Å². The number of piperidine rings is 1.